The lowest BCUT2D eigenvalue weighted by Gasteiger charge is -2.20. The molecule has 33 heavy (non-hydrogen) atoms. The maximum Gasteiger partial charge on any atom is 0.0785 e. The van der Waals surface area contributed by atoms with Crippen LogP contribution in [0.15, 0.2) is 91.0 Å². The Hall–Kier alpha value is -2.60. The van der Waals surface area contributed by atoms with Crippen molar-refractivity contribution in [1.29, 1.82) is 0 Å². The smallest absolute Gasteiger partial charge is 0.0785 e. The van der Waals surface area contributed by atoms with E-state index in [0.29, 0.717) is 26.4 Å². The highest BCUT2D eigenvalue weighted by Gasteiger charge is 2.09. The zero-order valence-corrected chi connectivity index (χ0v) is 20.2. The second-order valence-corrected chi connectivity index (χ2v) is 6.63. The minimum absolute atomic E-state index is 0. The zero-order chi connectivity index (χ0) is 24.8. The van der Waals surface area contributed by atoms with Crippen LogP contribution in [0.5, 0.6) is 0 Å². The van der Waals surface area contributed by atoms with Crippen LogP contribution >= 0.6 is 0 Å². The van der Waals surface area contributed by atoms with Crippen LogP contribution < -0.4 is 11.1 Å². The molecule has 0 aliphatic heterocycles. The summed E-state index contributed by atoms with van der Waals surface area (Å²) in [6.45, 7) is 6.39. The normalized spacial score (nSPS) is 11.5. The molecular formula is C28H44F2N2O. The summed E-state index contributed by atoms with van der Waals surface area (Å²) in [5, 5.41) is 10.6. The van der Waals surface area contributed by atoms with Crippen LogP contribution in [0.3, 0.4) is 0 Å². The Bertz CT molecular complexity index is 698. The summed E-state index contributed by atoms with van der Waals surface area (Å²) in [5.41, 5.74) is 9.46. The van der Waals surface area contributed by atoms with Gasteiger partial charge < -0.3 is 16.2 Å². The summed E-state index contributed by atoms with van der Waals surface area (Å²) in [4.78, 5) is 0. The Labute approximate surface area is 200 Å². The maximum atomic E-state index is 9.50. The number of alkyl halides is 2. The van der Waals surface area contributed by atoms with Gasteiger partial charge in [0.25, 0.3) is 0 Å². The lowest BCUT2D eigenvalue weighted by molar-refractivity contribution is 0.399. The van der Waals surface area contributed by atoms with Gasteiger partial charge in [-0.3, -0.25) is 8.78 Å². The van der Waals surface area contributed by atoms with Gasteiger partial charge in [0.15, 0.2) is 0 Å². The maximum absolute atomic E-state index is 9.50. The van der Waals surface area contributed by atoms with Gasteiger partial charge in [-0.05, 0) is 37.5 Å². The number of aliphatic hydroxyl groups excluding tert-OH is 1. The van der Waals surface area contributed by atoms with E-state index in [0.717, 1.165) is 7.11 Å². The Morgan fingerprint density at radius 2 is 0.818 bits per heavy atom. The van der Waals surface area contributed by atoms with Crippen molar-refractivity contribution in [2.75, 3.05) is 21.5 Å². The summed E-state index contributed by atoms with van der Waals surface area (Å²) in [6, 6.07) is 32.0. The highest BCUT2D eigenvalue weighted by Crippen LogP contribution is 2.18. The molecule has 3 nitrogen and oxygen atoms in total. The summed E-state index contributed by atoms with van der Waals surface area (Å²) in [6.07, 6.45) is 0. The predicted octanol–water partition coefficient (Wildman–Crippen LogP) is 7.22. The zero-order valence-electron chi connectivity index (χ0n) is 20.2. The first-order valence-corrected chi connectivity index (χ1v) is 10.4. The molecule has 4 N–H and O–H groups in total. The fourth-order valence-electron chi connectivity index (χ4n) is 2.81. The van der Waals surface area contributed by atoms with Crippen molar-refractivity contribution in [3.63, 3.8) is 0 Å². The van der Waals surface area contributed by atoms with Gasteiger partial charge in [0.05, 0.1) is 14.4 Å². The molecule has 3 aromatic carbocycles. The van der Waals surface area contributed by atoms with Crippen LogP contribution in [0.1, 0.15) is 63.0 Å². The first-order chi connectivity index (χ1) is 15.6. The lowest BCUT2D eigenvalue weighted by atomic mass is 10.0. The highest BCUT2D eigenvalue weighted by atomic mass is 19.1. The molecule has 5 heteroatoms. The molecule has 0 heterocycles. The summed E-state index contributed by atoms with van der Waals surface area (Å²) >= 11 is 0. The first-order valence-electron chi connectivity index (χ1n) is 10.4. The number of hydrogen-bond donors (Lipinski definition) is 3. The van der Waals surface area contributed by atoms with E-state index >= 15 is 0 Å². The van der Waals surface area contributed by atoms with E-state index in [9.17, 15) is 8.78 Å². The van der Waals surface area contributed by atoms with Crippen LogP contribution in [-0.2, 0) is 0 Å². The molecule has 0 bridgehead atoms. The van der Waals surface area contributed by atoms with Crippen molar-refractivity contribution in [3.05, 3.63) is 108 Å². The van der Waals surface area contributed by atoms with Crippen molar-refractivity contribution >= 4 is 0 Å². The quantitative estimate of drug-likeness (QED) is 0.375. The van der Waals surface area contributed by atoms with Gasteiger partial charge in [-0.1, -0.05) is 98.4 Å². The minimum atomic E-state index is 0. The third-order valence-corrected chi connectivity index (χ3v) is 4.42. The van der Waals surface area contributed by atoms with E-state index in [4.69, 9.17) is 10.8 Å². The third-order valence-electron chi connectivity index (χ3n) is 4.42. The first kappa shape index (κ1) is 35.0. The molecule has 186 valence electrons. The van der Waals surface area contributed by atoms with Gasteiger partial charge >= 0.3 is 0 Å². The van der Waals surface area contributed by atoms with Gasteiger partial charge in [0.1, 0.15) is 0 Å². The van der Waals surface area contributed by atoms with Gasteiger partial charge in [0.2, 0.25) is 0 Å². The Morgan fingerprint density at radius 3 is 1.03 bits per heavy atom. The molecule has 3 rings (SSSR count). The average Bonchev–Trinajstić information content (AvgIpc) is 2.89. The van der Waals surface area contributed by atoms with Gasteiger partial charge in [-0.15, -0.1) is 0 Å². The number of rotatable bonds is 5. The molecule has 0 saturated carbocycles. The molecule has 2 unspecified atom stereocenters. The summed E-state index contributed by atoms with van der Waals surface area (Å²) in [5.74, 6) is 0. The predicted molar refractivity (Wildman–Crippen MR) is 141 cm³/mol. The SMILES string of the molecule is C.CC(N)c1ccccc1.CC(N[C@@H](C)c1ccccc1)c1ccccc1.CF.CF.CO. The number of benzene rings is 3. The summed E-state index contributed by atoms with van der Waals surface area (Å²) < 4.78 is 19.0. The summed E-state index contributed by atoms with van der Waals surface area (Å²) in [7, 11) is 2.00. The van der Waals surface area contributed by atoms with Crippen LogP contribution in [0.4, 0.5) is 8.78 Å². The largest absolute Gasteiger partial charge is 0.400 e. The Morgan fingerprint density at radius 1 is 0.576 bits per heavy atom. The van der Waals surface area contributed by atoms with Crippen LogP contribution in [-0.4, -0.2) is 26.6 Å². The molecule has 0 spiro atoms. The van der Waals surface area contributed by atoms with Gasteiger partial charge in [0, 0.05) is 25.2 Å². The number of nitrogens with one attached hydrogen (secondary N) is 1. The second kappa shape index (κ2) is 24.1. The number of aliphatic hydroxyl groups is 1. The molecule has 0 saturated heterocycles. The number of halogens is 2. The molecule has 3 aromatic rings. The molecule has 0 aliphatic rings. The van der Waals surface area contributed by atoms with E-state index in [1.807, 2.05) is 37.3 Å². The minimum Gasteiger partial charge on any atom is -0.400 e. The molecule has 0 amide bonds. The average molecular weight is 463 g/mol. The number of hydrogen-bond acceptors (Lipinski definition) is 3. The van der Waals surface area contributed by atoms with Crippen LogP contribution in [0.2, 0.25) is 0 Å². The number of nitrogens with two attached hydrogens (primary N) is 1. The molecular weight excluding hydrogens is 418 g/mol. The van der Waals surface area contributed by atoms with Crippen LogP contribution in [0.25, 0.3) is 0 Å². The second-order valence-electron chi connectivity index (χ2n) is 6.63. The van der Waals surface area contributed by atoms with Crippen molar-refractivity contribution in [2.45, 2.75) is 46.3 Å². The van der Waals surface area contributed by atoms with Crippen molar-refractivity contribution in [3.8, 4) is 0 Å². The van der Waals surface area contributed by atoms with Crippen molar-refractivity contribution in [2.24, 2.45) is 5.73 Å². The molecule has 0 fully saturated rings. The lowest BCUT2D eigenvalue weighted by Crippen LogP contribution is -2.22. The van der Waals surface area contributed by atoms with Crippen LogP contribution in [0, 0.1) is 0 Å². The standard InChI is InChI=1S/C16H19N.C8H11N.2CH3F.CH4O.CH4/c1-13(15-9-5-3-6-10-15)17-14(2)16-11-7-4-8-12-16;1-7(9)8-5-3-2-4-6-8;3*1-2;/h3-14,17H,1-2H3;2-7H,9H2,1H3;2*1H3;2H,1H3;1H4/t13-,14?;;;;;/m0...../s1. The van der Waals surface area contributed by atoms with E-state index < -0.39 is 0 Å². The molecule has 0 aromatic heterocycles. The van der Waals surface area contributed by atoms with E-state index in [1.54, 1.807) is 0 Å². The van der Waals surface area contributed by atoms with Gasteiger partial charge in [-0.2, -0.15) is 0 Å². The monoisotopic (exact) mass is 462 g/mol. The van der Waals surface area contributed by atoms with Crippen molar-refractivity contribution < 1.29 is 13.9 Å². The van der Waals surface area contributed by atoms with E-state index in [1.165, 1.54) is 16.7 Å². The fourth-order valence-corrected chi connectivity index (χ4v) is 2.81. The molecule has 0 aliphatic carbocycles. The Balaban J connectivity index is -0.000000479. The van der Waals surface area contributed by atoms with E-state index in [2.05, 4.69) is 79.8 Å². The molecule has 3 atom stereocenters. The highest BCUT2D eigenvalue weighted by molar-refractivity contribution is 5.21. The fraction of sp³-hybridized carbons (Fsp3) is 0.357. The van der Waals surface area contributed by atoms with Gasteiger partial charge in [-0.25, -0.2) is 0 Å². The van der Waals surface area contributed by atoms with E-state index in [-0.39, 0.29) is 13.5 Å². The topological polar surface area (TPSA) is 58.3 Å². The van der Waals surface area contributed by atoms with Crippen molar-refractivity contribution in [1.82, 2.24) is 5.32 Å². The Kier molecular flexibility index (Phi) is 25.5. The molecule has 0 radical (unpaired) electrons. The third kappa shape index (κ3) is 15.8.